The minimum absolute atomic E-state index is 0.0191. The topological polar surface area (TPSA) is 72.3 Å². The van der Waals surface area contributed by atoms with E-state index >= 15 is 0 Å². The number of carboxylic acids is 1. The summed E-state index contributed by atoms with van der Waals surface area (Å²) in [6.07, 6.45) is 1.76. The predicted molar refractivity (Wildman–Crippen MR) is 52.1 cm³/mol. The monoisotopic (exact) mass is 214 g/mol. The Morgan fingerprint density at radius 2 is 2.14 bits per heavy atom. The Hall–Kier alpha value is -1.30. The summed E-state index contributed by atoms with van der Waals surface area (Å²) >= 11 is 1.26. The number of ether oxygens (including phenoxy) is 1. The molecule has 6 heteroatoms. The standard InChI is InChI=1S/C8H10N2O3S/c1-4-9-6(13-2)5(8(11)12)7(10-4)14-3/h1-3H3,(H,11,12). The fourth-order valence-electron chi connectivity index (χ4n) is 1.00. The van der Waals surface area contributed by atoms with Crippen LogP contribution >= 0.6 is 11.8 Å². The third-order valence-electron chi connectivity index (χ3n) is 1.55. The molecule has 1 rings (SSSR count). The van der Waals surface area contributed by atoms with Crippen molar-refractivity contribution < 1.29 is 14.6 Å². The SMILES string of the molecule is COc1nc(C)nc(SC)c1C(=O)O. The minimum Gasteiger partial charge on any atom is -0.480 e. The summed E-state index contributed by atoms with van der Waals surface area (Å²) in [6.45, 7) is 1.69. The van der Waals surface area contributed by atoms with Crippen molar-refractivity contribution in [2.75, 3.05) is 13.4 Å². The maximum absolute atomic E-state index is 10.9. The molecule has 76 valence electrons. The first-order chi connectivity index (χ1) is 6.60. The highest BCUT2D eigenvalue weighted by atomic mass is 32.2. The fourth-order valence-corrected chi connectivity index (χ4v) is 1.60. The number of thioether (sulfide) groups is 1. The number of hydrogen-bond acceptors (Lipinski definition) is 5. The van der Waals surface area contributed by atoms with E-state index in [-0.39, 0.29) is 11.4 Å². The van der Waals surface area contributed by atoms with Crippen LogP contribution in [0.25, 0.3) is 0 Å². The molecule has 1 aromatic heterocycles. The van der Waals surface area contributed by atoms with E-state index in [9.17, 15) is 4.79 Å². The molecule has 1 aromatic rings. The summed E-state index contributed by atoms with van der Waals surface area (Å²) in [5.74, 6) is -0.475. The zero-order valence-corrected chi connectivity index (χ0v) is 8.88. The largest absolute Gasteiger partial charge is 0.480 e. The molecule has 0 amide bonds. The zero-order chi connectivity index (χ0) is 10.7. The number of carbonyl (C=O) groups is 1. The van der Waals surface area contributed by atoms with E-state index in [1.807, 2.05) is 0 Å². The third kappa shape index (κ3) is 1.95. The van der Waals surface area contributed by atoms with E-state index < -0.39 is 5.97 Å². The van der Waals surface area contributed by atoms with Crippen molar-refractivity contribution in [2.45, 2.75) is 11.9 Å². The molecule has 0 aliphatic carbocycles. The average Bonchev–Trinajstić information content (AvgIpc) is 2.15. The van der Waals surface area contributed by atoms with Gasteiger partial charge in [-0.2, -0.15) is 4.98 Å². The molecule has 0 aliphatic rings. The number of aromatic carboxylic acids is 1. The van der Waals surface area contributed by atoms with Gasteiger partial charge >= 0.3 is 5.97 Å². The van der Waals surface area contributed by atoms with Gasteiger partial charge in [-0.15, -0.1) is 11.8 Å². The van der Waals surface area contributed by atoms with Gasteiger partial charge in [0.05, 0.1) is 7.11 Å². The summed E-state index contributed by atoms with van der Waals surface area (Å²) in [5, 5.41) is 9.34. The molecule has 0 radical (unpaired) electrons. The van der Waals surface area contributed by atoms with E-state index in [2.05, 4.69) is 9.97 Å². The number of hydrogen-bond donors (Lipinski definition) is 1. The van der Waals surface area contributed by atoms with Gasteiger partial charge in [0.1, 0.15) is 10.9 Å². The smallest absolute Gasteiger partial charge is 0.344 e. The first kappa shape index (κ1) is 10.8. The van der Waals surface area contributed by atoms with Gasteiger partial charge < -0.3 is 9.84 Å². The van der Waals surface area contributed by atoms with E-state index in [1.165, 1.54) is 18.9 Å². The molecule has 0 fully saturated rings. The molecule has 0 aliphatic heterocycles. The predicted octanol–water partition coefficient (Wildman–Crippen LogP) is 1.21. The normalized spacial score (nSPS) is 9.93. The third-order valence-corrected chi connectivity index (χ3v) is 2.24. The lowest BCUT2D eigenvalue weighted by Crippen LogP contribution is -2.07. The van der Waals surface area contributed by atoms with Crippen LogP contribution in [0, 0.1) is 6.92 Å². The zero-order valence-electron chi connectivity index (χ0n) is 8.07. The van der Waals surface area contributed by atoms with E-state index in [1.54, 1.807) is 13.2 Å². The van der Waals surface area contributed by atoms with Crippen LogP contribution in [-0.4, -0.2) is 34.4 Å². The van der Waals surface area contributed by atoms with Crippen molar-refractivity contribution in [2.24, 2.45) is 0 Å². The molecule has 5 nitrogen and oxygen atoms in total. The molecule has 0 aromatic carbocycles. The number of rotatable bonds is 3. The summed E-state index contributed by atoms with van der Waals surface area (Å²) in [5.41, 5.74) is 0.0191. The highest BCUT2D eigenvalue weighted by Crippen LogP contribution is 2.25. The minimum atomic E-state index is -1.08. The Morgan fingerprint density at radius 3 is 2.57 bits per heavy atom. The quantitative estimate of drug-likeness (QED) is 0.602. The summed E-state index contributed by atoms with van der Waals surface area (Å²) in [6, 6.07) is 0. The first-order valence-corrected chi connectivity index (χ1v) is 5.02. The molecule has 1 N–H and O–H groups in total. The second-order valence-electron chi connectivity index (χ2n) is 2.47. The number of aromatic nitrogens is 2. The van der Waals surface area contributed by atoms with Crippen LogP contribution in [0.3, 0.4) is 0 Å². The summed E-state index contributed by atoms with van der Waals surface area (Å²) in [7, 11) is 1.39. The van der Waals surface area contributed by atoms with Gasteiger partial charge in [-0.05, 0) is 13.2 Å². The van der Waals surface area contributed by atoms with Gasteiger partial charge in [0, 0.05) is 0 Å². The lowest BCUT2D eigenvalue weighted by atomic mass is 10.3. The highest BCUT2D eigenvalue weighted by molar-refractivity contribution is 7.98. The molecule has 0 atom stereocenters. The van der Waals surface area contributed by atoms with Crippen molar-refractivity contribution in [1.82, 2.24) is 9.97 Å². The fraction of sp³-hybridized carbons (Fsp3) is 0.375. The van der Waals surface area contributed by atoms with Gasteiger partial charge in [-0.1, -0.05) is 0 Å². The maximum Gasteiger partial charge on any atom is 0.344 e. The van der Waals surface area contributed by atoms with E-state index in [4.69, 9.17) is 9.84 Å². The van der Waals surface area contributed by atoms with E-state index in [0.29, 0.717) is 10.9 Å². The van der Waals surface area contributed by atoms with Crippen molar-refractivity contribution in [3.05, 3.63) is 11.4 Å². The highest BCUT2D eigenvalue weighted by Gasteiger charge is 2.19. The van der Waals surface area contributed by atoms with Crippen LogP contribution in [0.2, 0.25) is 0 Å². The van der Waals surface area contributed by atoms with Crippen LogP contribution < -0.4 is 4.74 Å². The molecule has 0 saturated heterocycles. The van der Waals surface area contributed by atoms with Gasteiger partial charge in [-0.25, -0.2) is 9.78 Å². The Kier molecular flexibility index (Phi) is 3.29. The summed E-state index contributed by atoms with van der Waals surface area (Å²) < 4.78 is 4.88. The maximum atomic E-state index is 10.9. The Bertz CT molecular complexity index is 343. The average molecular weight is 214 g/mol. The lowest BCUT2D eigenvalue weighted by Gasteiger charge is -2.07. The van der Waals surface area contributed by atoms with Crippen molar-refractivity contribution in [3.8, 4) is 5.88 Å². The number of methoxy groups -OCH3 is 1. The molecule has 1 heterocycles. The van der Waals surface area contributed by atoms with Gasteiger partial charge in [-0.3, -0.25) is 0 Å². The number of carboxylic acid groups (broad SMARTS) is 1. The van der Waals surface area contributed by atoms with Gasteiger partial charge in [0.15, 0.2) is 5.56 Å². The molecular weight excluding hydrogens is 204 g/mol. The van der Waals surface area contributed by atoms with Crippen LogP contribution in [-0.2, 0) is 0 Å². The Morgan fingerprint density at radius 1 is 1.50 bits per heavy atom. The molecule has 0 unspecified atom stereocenters. The molecule has 0 saturated carbocycles. The summed E-state index contributed by atoms with van der Waals surface area (Å²) in [4.78, 5) is 18.8. The van der Waals surface area contributed by atoms with Crippen LogP contribution in [0.4, 0.5) is 0 Å². The molecule has 0 spiro atoms. The van der Waals surface area contributed by atoms with Crippen molar-refractivity contribution in [1.29, 1.82) is 0 Å². The molecular formula is C8H10N2O3S. The van der Waals surface area contributed by atoms with Crippen molar-refractivity contribution in [3.63, 3.8) is 0 Å². The number of nitrogens with zero attached hydrogens (tertiary/aromatic N) is 2. The lowest BCUT2D eigenvalue weighted by molar-refractivity contribution is 0.0687. The van der Waals surface area contributed by atoms with E-state index in [0.717, 1.165) is 0 Å². The second-order valence-corrected chi connectivity index (χ2v) is 3.26. The first-order valence-electron chi connectivity index (χ1n) is 3.80. The molecule has 14 heavy (non-hydrogen) atoms. The van der Waals surface area contributed by atoms with Gasteiger partial charge in [0.25, 0.3) is 0 Å². The molecule has 0 bridgehead atoms. The van der Waals surface area contributed by atoms with Crippen LogP contribution in [0.1, 0.15) is 16.2 Å². The Labute approximate surface area is 85.5 Å². The number of aryl methyl sites for hydroxylation is 1. The van der Waals surface area contributed by atoms with Crippen LogP contribution in [0.5, 0.6) is 5.88 Å². The van der Waals surface area contributed by atoms with Crippen LogP contribution in [0.15, 0.2) is 5.03 Å². The second kappa shape index (κ2) is 4.28. The van der Waals surface area contributed by atoms with Crippen molar-refractivity contribution >= 4 is 17.7 Å². The Balaban J connectivity index is 3.40. The van der Waals surface area contributed by atoms with Gasteiger partial charge in [0.2, 0.25) is 5.88 Å².